The van der Waals surface area contributed by atoms with E-state index in [1.165, 1.54) is 206 Å². The number of hydrogen-bond donors (Lipinski definition) is 0. The Morgan fingerprint density at radius 3 is 0.525 bits per heavy atom. The quantitative estimate of drug-likeness (QED) is 0.0747. The van der Waals surface area contributed by atoms with E-state index in [1.54, 1.807) is 0 Å². The van der Waals surface area contributed by atoms with Crippen molar-refractivity contribution in [2.24, 2.45) is 0 Å². The highest BCUT2D eigenvalue weighted by molar-refractivity contribution is 4.52. The minimum Gasteiger partial charge on any atom is -0.309 e. The van der Waals surface area contributed by atoms with Crippen molar-refractivity contribution in [3.8, 4) is 0 Å². The molecule has 0 bridgehead atoms. The lowest BCUT2D eigenvalue weighted by atomic mass is 10.0. The zero-order valence-corrected chi connectivity index (χ0v) is 29.5. The highest BCUT2D eigenvalue weighted by atomic mass is 15.0. The summed E-state index contributed by atoms with van der Waals surface area (Å²) in [5.41, 5.74) is 0. The Balaban J connectivity index is 0. The van der Waals surface area contributed by atoms with Crippen LogP contribution in [0.5, 0.6) is 0 Å². The summed E-state index contributed by atoms with van der Waals surface area (Å²) in [7, 11) is 8.68. The van der Waals surface area contributed by atoms with Gasteiger partial charge in [-0.3, -0.25) is 0 Å². The van der Waals surface area contributed by atoms with Crippen LogP contribution in [0.2, 0.25) is 0 Å². The van der Waals surface area contributed by atoms with Gasteiger partial charge in [-0.05, 0) is 54.1 Å². The number of rotatable bonds is 32. The Morgan fingerprint density at radius 2 is 0.375 bits per heavy atom. The largest absolute Gasteiger partial charge is 0.309 e. The van der Waals surface area contributed by atoms with Gasteiger partial charge in [-0.1, -0.05) is 194 Å². The molecule has 0 aromatic rings. The zero-order valence-electron chi connectivity index (χ0n) is 29.5. The van der Waals surface area contributed by atoms with E-state index in [-0.39, 0.29) is 0 Å². The van der Waals surface area contributed by atoms with Gasteiger partial charge in [0.15, 0.2) is 0 Å². The lowest BCUT2D eigenvalue weighted by molar-refractivity contribution is 0.389. The first-order valence-corrected chi connectivity index (χ1v) is 18.8. The van der Waals surface area contributed by atoms with E-state index in [0.29, 0.717) is 0 Å². The normalized spacial score (nSPS) is 11.4. The van der Waals surface area contributed by atoms with Gasteiger partial charge in [0, 0.05) is 0 Å². The van der Waals surface area contributed by atoms with Crippen LogP contribution in [0.4, 0.5) is 0 Å². The Kier molecular flexibility index (Phi) is 40.9. The van der Waals surface area contributed by atoms with Gasteiger partial charge in [-0.2, -0.15) is 0 Å². The molecule has 0 rings (SSSR count). The Morgan fingerprint density at radius 1 is 0.225 bits per heavy atom. The van der Waals surface area contributed by atoms with Crippen LogP contribution in [0.25, 0.3) is 0 Å². The molecule has 0 radical (unpaired) electrons. The number of hydrogen-bond acceptors (Lipinski definition) is 2. The third-order valence-electron chi connectivity index (χ3n) is 8.42. The van der Waals surface area contributed by atoms with Crippen molar-refractivity contribution >= 4 is 0 Å². The average Bonchev–Trinajstić information content (AvgIpc) is 2.93. The number of nitrogens with zero attached hydrogens (tertiary/aromatic N) is 2. The predicted molar refractivity (Wildman–Crippen MR) is 187 cm³/mol. The van der Waals surface area contributed by atoms with Crippen LogP contribution < -0.4 is 0 Å². The summed E-state index contributed by atoms with van der Waals surface area (Å²) in [4.78, 5) is 4.59. The SMILES string of the molecule is CCCCCCCCCCCCCCCCCCN(C)C.CCCCCCCCCCCCCCCCN(C)C. The Hall–Kier alpha value is -0.0800. The molecule has 0 saturated carbocycles. The fourth-order valence-corrected chi connectivity index (χ4v) is 5.60. The molecule has 0 amide bonds. The third kappa shape index (κ3) is 44.9. The van der Waals surface area contributed by atoms with E-state index in [4.69, 9.17) is 0 Å². The maximum atomic E-state index is 2.30. The minimum atomic E-state index is 1.26. The van der Waals surface area contributed by atoms with Crippen LogP contribution >= 0.6 is 0 Å². The van der Waals surface area contributed by atoms with E-state index in [1.807, 2.05) is 0 Å². The van der Waals surface area contributed by atoms with Crippen LogP contribution in [0.3, 0.4) is 0 Å². The van der Waals surface area contributed by atoms with Crippen molar-refractivity contribution in [3.05, 3.63) is 0 Å². The van der Waals surface area contributed by atoms with Gasteiger partial charge in [0.25, 0.3) is 0 Å². The maximum Gasteiger partial charge on any atom is -0.00248 e. The van der Waals surface area contributed by atoms with Gasteiger partial charge in [-0.25, -0.2) is 0 Å². The summed E-state index contributed by atoms with van der Waals surface area (Å²) in [5.74, 6) is 0. The average molecular weight is 567 g/mol. The maximum absolute atomic E-state index is 2.30. The van der Waals surface area contributed by atoms with E-state index in [9.17, 15) is 0 Å². The van der Waals surface area contributed by atoms with Gasteiger partial charge < -0.3 is 9.80 Å². The molecule has 0 aliphatic rings. The lowest BCUT2D eigenvalue weighted by Gasteiger charge is -2.08. The second-order valence-electron chi connectivity index (χ2n) is 13.5. The van der Waals surface area contributed by atoms with Crippen LogP contribution in [-0.2, 0) is 0 Å². The standard InChI is InChI=1S/C20H43N.C18H39N/c1-4-5-6-7-8-9-10-11-12-13-14-15-16-17-18-19-20-21(2)3;1-4-5-6-7-8-9-10-11-12-13-14-15-16-17-18-19(2)3/h4-20H2,1-3H3;4-18H2,1-3H3. The molecule has 2 nitrogen and oxygen atoms in total. The summed E-state index contributed by atoms with van der Waals surface area (Å²) in [6.07, 6.45) is 43.6. The fraction of sp³-hybridized carbons (Fsp3) is 1.00. The van der Waals surface area contributed by atoms with Crippen molar-refractivity contribution in [2.45, 2.75) is 206 Å². The summed E-state index contributed by atoms with van der Waals surface area (Å²) in [5, 5.41) is 0. The molecule has 0 aliphatic heterocycles. The fourth-order valence-electron chi connectivity index (χ4n) is 5.60. The first kappa shape index (κ1) is 42.1. The third-order valence-corrected chi connectivity index (χ3v) is 8.42. The van der Waals surface area contributed by atoms with Crippen LogP contribution in [0.15, 0.2) is 0 Å². The van der Waals surface area contributed by atoms with Gasteiger partial charge >= 0.3 is 0 Å². The molecule has 0 atom stereocenters. The van der Waals surface area contributed by atoms with Gasteiger partial charge in [0.2, 0.25) is 0 Å². The molecule has 0 heterocycles. The second kappa shape index (κ2) is 38.9. The zero-order chi connectivity index (χ0) is 29.8. The van der Waals surface area contributed by atoms with Gasteiger partial charge in [-0.15, -0.1) is 0 Å². The lowest BCUT2D eigenvalue weighted by Crippen LogP contribution is -2.12. The molecular formula is C38H82N2. The summed E-state index contributed by atoms with van der Waals surface area (Å²) in [6, 6.07) is 0. The van der Waals surface area contributed by atoms with Crippen molar-refractivity contribution in [3.63, 3.8) is 0 Å². The molecule has 2 heteroatoms. The van der Waals surface area contributed by atoms with Gasteiger partial charge in [0.1, 0.15) is 0 Å². The molecule has 0 fully saturated rings. The minimum absolute atomic E-state index is 1.26. The van der Waals surface area contributed by atoms with E-state index in [2.05, 4.69) is 51.8 Å². The second-order valence-corrected chi connectivity index (χ2v) is 13.5. The highest BCUT2D eigenvalue weighted by Gasteiger charge is 1.96. The first-order valence-electron chi connectivity index (χ1n) is 18.8. The molecule has 0 unspecified atom stereocenters. The Bertz CT molecular complexity index is 406. The van der Waals surface area contributed by atoms with E-state index in [0.717, 1.165) is 0 Å². The van der Waals surface area contributed by atoms with Gasteiger partial charge in [0.05, 0.1) is 0 Å². The summed E-state index contributed by atoms with van der Waals surface area (Å²) >= 11 is 0. The Labute approximate surface area is 257 Å². The summed E-state index contributed by atoms with van der Waals surface area (Å²) in [6.45, 7) is 7.11. The molecular weight excluding hydrogens is 484 g/mol. The molecule has 0 aliphatic carbocycles. The van der Waals surface area contributed by atoms with E-state index >= 15 is 0 Å². The van der Waals surface area contributed by atoms with Crippen LogP contribution in [0.1, 0.15) is 206 Å². The molecule has 0 N–H and O–H groups in total. The van der Waals surface area contributed by atoms with Crippen molar-refractivity contribution < 1.29 is 0 Å². The van der Waals surface area contributed by atoms with Crippen LogP contribution in [-0.4, -0.2) is 51.1 Å². The highest BCUT2D eigenvalue weighted by Crippen LogP contribution is 2.14. The predicted octanol–water partition coefficient (Wildman–Crippen LogP) is 12.8. The molecule has 0 spiro atoms. The topological polar surface area (TPSA) is 6.48 Å². The molecule has 0 saturated heterocycles. The monoisotopic (exact) mass is 567 g/mol. The van der Waals surface area contributed by atoms with Crippen molar-refractivity contribution in [1.82, 2.24) is 9.80 Å². The first-order chi connectivity index (χ1) is 19.5. The van der Waals surface area contributed by atoms with E-state index < -0.39 is 0 Å². The number of unbranched alkanes of at least 4 members (excludes halogenated alkanes) is 28. The molecule has 244 valence electrons. The van der Waals surface area contributed by atoms with Crippen molar-refractivity contribution in [1.29, 1.82) is 0 Å². The molecule has 0 aromatic carbocycles. The van der Waals surface area contributed by atoms with Crippen LogP contribution in [0, 0.1) is 0 Å². The molecule has 0 aromatic heterocycles. The molecule has 40 heavy (non-hydrogen) atoms. The summed E-state index contributed by atoms with van der Waals surface area (Å²) < 4.78 is 0. The van der Waals surface area contributed by atoms with Crippen molar-refractivity contribution in [2.75, 3.05) is 41.3 Å². The smallest absolute Gasteiger partial charge is 0.00248 e.